The fraction of sp³-hybridized carbons (Fsp3) is 0.200. The number of hydrogen-bond donors (Lipinski definition) is 2. The fourth-order valence-corrected chi connectivity index (χ4v) is 1.79. The van der Waals surface area contributed by atoms with Crippen molar-refractivity contribution >= 4 is 5.69 Å². The van der Waals surface area contributed by atoms with Gasteiger partial charge in [0.15, 0.2) is 0 Å². The van der Waals surface area contributed by atoms with Crippen molar-refractivity contribution in [1.82, 2.24) is 0 Å². The third-order valence-corrected chi connectivity index (χ3v) is 2.78. The van der Waals surface area contributed by atoms with Crippen LogP contribution >= 0.6 is 0 Å². The average Bonchev–Trinajstić information content (AvgIpc) is 2.31. The minimum absolute atomic E-state index is 0.339. The first-order valence-electron chi connectivity index (χ1n) is 5.74. The summed E-state index contributed by atoms with van der Waals surface area (Å²) in [7, 11) is 0. The van der Waals surface area contributed by atoms with Crippen LogP contribution in [0.4, 0.5) is 5.69 Å². The Labute approximate surface area is 102 Å². The molecule has 0 aliphatic carbocycles. The third kappa shape index (κ3) is 3.00. The monoisotopic (exact) mass is 227 g/mol. The first-order chi connectivity index (χ1) is 8.15. The van der Waals surface area contributed by atoms with Crippen LogP contribution in [0, 0.1) is 13.8 Å². The first kappa shape index (κ1) is 11.5. The van der Waals surface area contributed by atoms with Crippen molar-refractivity contribution in [2.75, 3.05) is 5.32 Å². The van der Waals surface area contributed by atoms with Gasteiger partial charge in [0.25, 0.3) is 0 Å². The Morgan fingerprint density at radius 2 is 1.88 bits per heavy atom. The van der Waals surface area contributed by atoms with Crippen molar-refractivity contribution in [3.63, 3.8) is 0 Å². The summed E-state index contributed by atoms with van der Waals surface area (Å²) in [6, 6.07) is 14.0. The summed E-state index contributed by atoms with van der Waals surface area (Å²) in [5, 5.41) is 12.8. The van der Waals surface area contributed by atoms with E-state index < -0.39 is 0 Å². The Balaban J connectivity index is 2.05. The molecule has 2 N–H and O–H groups in total. The lowest BCUT2D eigenvalue weighted by molar-refractivity contribution is 0.471. The van der Waals surface area contributed by atoms with Crippen LogP contribution in [0.15, 0.2) is 42.5 Å². The van der Waals surface area contributed by atoms with Crippen LogP contribution in [-0.4, -0.2) is 5.11 Å². The maximum atomic E-state index is 9.44. The molecule has 0 atom stereocenters. The molecule has 0 bridgehead atoms. The second-order valence-electron chi connectivity index (χ2n) is 4.34. The lowest BCUT2D eigenvalue weighted by Crippen LogP contribution is -1.99. The van der Waals surface area contributed by atoms with Gasteiger partial charge in [0.2, 0.25) is 0 Å². The highest BCUT2D eigenvalue weighted by molar-refractivity contribution is 5.50. The van der Waals surface area contributed by atoms with Gasteiger partial charge < -0.3 is 10.4 Å². The zero-order valence-corrected chi connectivity index (χ0v) is 10.2. The molecule has 0 aliphatic heterocycles. The van der Waals surface area contributed by atoms with E-state index >= 15 is 0 Å². The number of phenolic OH excluding ortho intramolecular Hbond substituents is 1. The summed E-state index contributed by atoms with van der Waals surface area (Å²) in [5.74, 6) is 0.339. The number of rotatable bonds is 3. The van der Waals surface area contributed by atoms with Gasteiger partial charge >= 0.3 is 0 Å². The van der Waals surface area contributed by atoms with Gasteiger partial charge in [0.1, 0.15) is 5.75 Å². The largest absolute Gasteiger partial charge is 0.508 e. The van der Waals surface area contributed by atoms with Gasteiger partial charge in [0, 0.05) is 12.2 Å². The van der Waals surface area contributed by atoms with Crippen molar-refractivity contribution in [3.8, 4) is 5.75 Å². The van der Waals surface area contributed by atoms with E-state index in [9.17, 15) is 5.11 Å². The maximum absolute atomic E-state index is 9.44. The Hall–Kier alpha value is -1.96. The summed E-state index contributed by atoms with van der Waals surface area (Å²) >= 11 is 0. The summed E-state index contributed by atoms with van der Waals surface area (Å²) in [6.07, 6.45) is 0. The first-order valence-corrected chi connectivity index (χ1v) is 5.74. The molecule has 0 fully saturated rings. The summed E-state index contributed by atoms with van der Waals surface area (Å²) in [4.78, 5) is 0. The molecule has 2 rings (SSSR count). The number of anilines is 1. The van der Waals surface area contributed by atoms with Crippen molar-refractivity contribution < 1.29 is 5.11 Å². The van der Waals surface area contributed by atoms with Gasteiger partial charge in [-0.25, -0.2) is 0 Å². The molecular formula is C15H17NO. The Bertz CT molecular complexity index is 520. The second kappa shape index (κ2) is 4.91. The van der Waals surface area contributed by atoms with E-state index in [4.69, 9.17) is 0 Å². The summed E-state index contributed by atoms with van der Waals surface area (Å²) in [6.45, 7) is 4.78. The zero-order valence-electron chi connectivity index (χ0n) is 10.2. The molecule has 88 valence electrons. The van der Waals surface area contributed by atoms with Crippen LogP contribution < -0.4 is 5.32 Å². The average molecular weight is 227 g/mol. The van der Waals surface area contributed by atoms with Crippen molar-refractivity contribution in [2.24, 2.45) is 0 Å². The molecule has 0 unspecified atom stereocenters. The topological polar surface area (TPSA) is 32.3 Å². The lowest BCUT2D eigenvalue weighted by Gasteiger charge is -2.08. The Kier molecular flexibility index (Phi) is 3.33. The molecule has 0 spiro atoms. The predicted octanol–water partition coefficient (Wildman–Crippen LogP) is 3.62. The van der Waals surface area contributed by atoms with Gasteiger partial charge in [0.05, 0.1) is 0 Å². The highest BCUT2D eigenvalue weighted by atomic mass is 16.3. The van der Waals surface area contributed by atoms with Crippen molar-refractivity contribution in [1.29, 1.82) is 0 Å². The molecule has 2 nitrogen and oxygen atoms in total. The standard InChI is InChI=1S/C15H17NO/c1-11-4-3-5-13(8-11)10-16-14-6-7-15(17)12(2)9-14/h3-9,16-17H,10H2,1-2H3. The van der Waals surface area contributed by atoms with Crippen LogP contribution in [-0.2, 0) is 6.54 Å². The van der Waals surface area contributed by atoms with Gasteiger partial charge in [-0.2, -0.15) is 0 Å². The van der Waals surface area contributed by atoms with Crippen LogP contribution in [0.25, 0.3) is 0 Å². The normalized spacial score (nSPS) is 10.2. The third-order valence-electron chi connectivity index (χ3n) is 2.78. The van der Waals surface area contributed by atoms with Gasteiger partial charge in [-0.1, -0.05) is 29.8 Å². The highest BCUT2D eigenvalue weighted by Crippen LogP contribution is 2.20. The number of aromatic hydroxyl groups is 1. The van der Waals surface area contributed by atoms with Gasteiger partial charge in [-0.3, -0.25) is 0 Å². The summed E-state index contributed by atoms with van der Waals surface area (Å²) in [5.41, 5.74) is 4.45. The molecule has 17 heavy (non-hydrogen) atoms. The quantitative estimate of drug-likeness (QED) is 0.785. The fourth-order valence-electron chi connectivity index (χ4n) is 1.79. The molecule has 0 heterocycles. The van der Waals surface area contributed by atoms with Crippen LogP contribution in [0.2, 0.25) is 0 Å². The predicted molar refractivity (Wildman–Crippen MR) is 71.3 cm³/mol. The minimum atomic E-state index is 0.339. The second-order valence-corrected chi connectivity index (χ2v) is 4.34. The maximum Gasteiger partial charge on any atom is 0.118 e. The number of nitrogens with one attached hydrogen (secondary N) is 1. The van der Waals surface area contributed by atoms with Crippen LogP contribution in [0.3, 0.4) is 0 Å². The van der Waals surface area contributed by atoms with Gasteiger partial charge in [-0.05, 0) is 43.2 Å². The molecule has 2 aromatic carbocycles. The molecule has 0 radical (unpaired) electrons. The molecule has 2 heteroatoms. The molecule has 0 aliphatic rings. The number of phenols is 1. The van der Waals surface area contributed by atoms with Crippen LogP contribution in [0.1, 0.15) is 16.7 Å². The van der Waals surface area contributed by atoms with Gasteiger partial charge in [-0.15, -0.1) is 0 Å². The van der Waals surface area contributed by atoms with E-state index in [-0.39, 0.29) is 0 Å². The molecule has 0 amide bonds. The van der Waals surface area contributed by atoms with Crippen molar-refractivity contribution in [3.05, 3.63) is 59.2 Å². The highest BCUT2D eigenvalue weighted by Gasteiger charge is 1.98. The SMILES string of the molecule is Cc1cccc(CNc2ccc(O)c(C)c2)c1. The molecule has 2 aromatic rings. The van der Waals surface area contributed by atoms with Crippen molar-refractivity contribution in [2.45, 2.75) is 20.4 Å². The number of hydrogen-bond acceptors (Lipinski definition) is 2. The van der Waals surface area contributed by atoms with E-state index in [0.29, 0.717) is 5.75 Å². The summed E-state index contributed by atoms with van der Waals surface area (Å²) < 4.78 is 0. The molecule has 0 aromatic heterocycles. The molecule has 0 saturated carbocycles. The number of aryl methyl sites for hydroxylation is 2. The molecular weight excluding hydrogens is 210 g/mol. The number of benzene rings is 2. The van der Waals surface area contributed by atoms with Crippen LogP contribution in [0.5, 0.6) is 5.75 Å². The van der Waals surface area contributed by atoms with E-state index in [1.165, 1.54) is 11.1 Å². The smallest absolute Gasteiger partial charge is 0.118 e. The van der Waals surface area contributed by atoms with E-state index in [0.717, 1.165) is 17.8 Å². The van der Waals surface area contributed by atoms with E-state index in [2.05, 4.69) is 36.5 Å². The van der Waals surface area contributed by atoms with E-state index in [1.807, 2.05) is 19.1 Å². The van der Waals surface area contributed by atoms with E-state index in [1.54, 1.807) is 6.07 Å². The Morgan fingerprint density at radius 1 is 1.06 bits per heavy atom. The Morgan fingerprint density at radius 3 is 2.59 bits per heavy atom. The lowest BCUT2D eigenvalue weighted by atomic mass is 10.1. The molecule has 0 saturated heterocycles. The zero-order chi connectivity index (χ0) is 12.3. The minimum Gasteiger partial charge on any atom is -0.508 e.